The van der Waals surface area contributed by atoms with Gasteiger partial charge in [-0.3, -0.25) is 9.69 Å². The number of nitrogens with zero attached hydrogens (tertiary/aromatic N) is 3. The van der Waals surface area contributed by atoms with E-state index in [1.165, 1.54) is 0 Å². The van der Waals surface area contributed by atoms with Crippen molar-refractivity contribution in [3.8, 4) is 0 Å². The van der Waals surface area contributed by atoms with Gasteiger partial charge in [0.15, 0.2) is 10.9 Å². The number of anilines is 1. The van der Waals surface area contributed by atoms with E-state index in [0.29, 0.717) is 6.42 Å². The molecule has 1 saturated heterocycles. The maximum atomic E-state index is 12.1. The molecule has 1 aliphatic heterocycles. The summed E-state index contributed by atoms with van der Waals surface area (Å²) in [5, 5.41) is 3.12. The summed E-state index contributed by atoms with van der Waals surface area (Å²) in [6.07, 6.45) is 2.45. The van der Waals surface area contributed by atoms with Crippen LogP contribution >= 0.6 is 11.3 Å². The Kier molecular flexibility index (Phi) is 4.62. The second-order valence-corrected chi connectivity index (χ2v) is 6.06. The molecule has 2 aromatic rings. The Morgan fingerprint density at radius 3 is 2.57 bits per heavy atom. The van der Waals surface area contributed by atoms with Crippen molar-refractivity contribution in [2.45, 2.75) is 6.42 Å². The molecule has 0 atom stereocenters. The lowest BCUT2D eigenvalue weighted by atomic mass is 10.1. The molecule has 0 N–H and O–H groups in total. The minimum Gasteiger partial charge on any atom is -0.346 e. The summed E-state index contributed by atoms with van der Waals surface area (Å²) in [5.41, 5.74) is 0.818. The van der Waals surface area contributed by atoms with Crippen LogP contribution in [-0.2, 0) is 0 Å². The van der Waals surface area contributed by atoms with Crippen LogP contribution in [0.1, 0.15) is 16.8 Å². The van der Waals surface area contributed by atoms with Gasteiger partial charge >= 0.3 is 0 Å². The quantitative estimate of drug-likeness (QED) is 0.795. The van der Waals surface area contributed by atoms with Crippen molar-refractivity contribution in [3.05, 3.63) is 47.5 Å². The third-order valence-electron chi connectivity index (χ3n) is 3.81. The van der Waals surface area contributed by atoms with E-state index >= 15 is 0 Å². The molecule has 1 aliphatic rings. The third-order valence-corrected chi connectivity index (χ3v) is 4.65. The van der Waals surface area contributed by atoms with Gasteiger partial charge < -0.3 is 4.90 Å². The second kappa shape index (κ2) is 6.83. The molecule has 0 aliphatic carbocycles. The van der Waals surface area contributed by atoms with Crippen LogP contribution in [0.3, 0.4) is 0 Å². The summed E-state index contributed by atoms with van der Waals surface area (Å²) < 4.78 is 0. The summed E-state index contributed by atoms with van der Waals surface area (Å²) in [4.78, 5) is 21.1. The van der Waals surface area contributed by atoms with Gasteiger partial charge in [-0.05, 0) is 0 Å². The van der Waals surface area contributed by atoms with Crippen LogP contribution in [-0.4, -0.2) is 48.4 Å². The lowest BCUT2D eigenvalue weighted by Crippen LogP contribution is -2.46. The Hall–Kier alpha value is -1.72. The lowest BCUT2D eigenvalue weighted by Gasteiger charge is -2.34. The predicted molar refractivity (Wildman–Crippen MR) is 86.2 cm³/mol. The van der Waals surface area contributed by atoms with E-state index in [1.807, 2.05) is 41.9 Å². The fraction of sp³-hybridized carbons (Fsp3) is 0.375. The van der Waals surface area contributed by atoms with Crippen molar-refractivity contribution < 1.29 is 4.79 Å². The Morgan fingerprint density at radius 2 is 1.90 bits per heavy atom. The van der Waals surface area contributed by atoms with Gasteiger partial charge in [-0.25, -0.2) is 4.98 Å². The molecule has 0 radical (unpaired) electrons. The van der Waals surface area contributed by atoms with Crippen molar-refractivity contribution in [1.82, 2.24) is 9.88 Å². The molecule has 0 bridgehead atoms. The van der Waals surface area contributed by atoms with E-state index in [9.17, 15) is 4.79 Å². The maximum absolute atomic E-state index is 12.1. The Bertz CT molecular complexity index is 562. The molecular weight excluding hydrogens is 282 g/mol. The zero-order chi connectivity index (χ0) is 14.5. The predicted octanol–water partition coefficient (Wildman–Crippen LogP) is 2.54. The summed E-state index contributed by atoms with van der Waals surface area (Å²) in [6.45, 7) is 4.84. The highest BCUT2D eigenvalue weighted by Gasteiger charge is 2.19. The zero-order valence-corrected chi connectivity index (χ0v) is 12.8. The summed E-state index contributed by atoms with van der Waals surface area (Å²) in [7, 11) is 0. The van der Waals surface area contributed by atoms with Gasteiger partial charge in [0.2, 0.25) is 0 Å². The van der Waals surface area contributed by atoms with Crippen molar-refractivity contribution in [1.29, 1.82) is 0 Å². The average Bonchev–Trinajstić information content (AvgIpc) is 3.08. The molecule has 0 amide bonds. The van der Waals surface area contributed by atoms with Crippen LogP contribution < -0.4 is 4.90 Å². The van der Waals surface area contributed by atoms with Crippen molar-refractivity contribution in [2.24, 2.45) is 0 Å². The van der Waals surface area contributed by atoms with E-state index in [1.54, 1.807) is 11.3 Å². The number of carbonyl (C=O) groups is 1. The molecule has 1 fully saturated rings. The minimum absolute atomic E-state index is 0.234. The Balaban J connectivity index is 1.45. The first-order valence-corrected chi connectivity index (χ1v) is 8.16. The minimum atomic E-state index is 0.234. The number of hydrogen-bond acceptors (Lipinski definition) is 5. The molecule has 5 heteroatoms. The normalized spacial score (nSPS) is 16.1. The van der Waals surface area contributed by atoms with E-state index < -0.39 is 0 Å². The lowest BCUT2D eigenvalue weighted by molar-refractivity contribution is 0.0962. The molecule has 0 spiro atoms. The number of rotatable bonds is 5. The Morgan fingerprint density at radius 1 is 1.14 bits per heavy atom. The van der Waals surface area contributed by atoms with Crippen LogP contribution in [0.15, 0.2) is 41.9 Å². The largest absolute Gasteiger partial charge is 0.346 e. The number of carbonyl (C=O) groups excluding carboxylic acids is 1. The van der Waals surface area contributed by atoms with Gasteiger partial charge in [0.1, 0.15) is 0 Å². The summed E-state index contributed by atoms with van der Waals surface area (Å²) in [6, 6.07) is 9.56. The topological polar surface area (TPSA) is 36.4 Å². The number of Topliss-reactive ketones (excluding diaryl/α,β-unsaturated/α-hetero) is 1. The van der Waals surface area contributed by atoms with E-state index in [2.05, 4.69) is 14.8 Å². The molecular formula is C16H19N3OS. The highest BCUT2D eigenvalue weighted by molar-refractivity contribution is 7.13. The third kappa shape index (κ3) is 3.68. The molecule has 110 valence electrons. The smallest absolute Gasteiger partial charge is 0.185 e. The van der Waals surface area contributed by atoms with Crippen molar-refractivity contribution in [3.63, 3.8) is 0 Å². The Labute approximate surface area is 129 Å². The number of benzene rings is 1. The zero-order valence-electron chi connectivity index (χ0n) is 11.9. The van der Waals surface area contributed by atoms with Crippen molar-refractivity contribution in [2.75, 3.05) is 37.6 Å². The molecule has 2 heterocycles. The van der Waals surface area contributed by atoms with Crippen LogP contribution in [0.4, 0.5) is 5.13 Å². The van der Waals surface area contributed by atoms with Gasteiger partial charge in [-0.15, -0.1) is 11.3 Å². The monoisotopic (exact) mass is 301 g/mol. The number of ketones is 1. The number of thiazole rings is 1. The van der Waals surface area contributed by atoms with Crippen LogP contribution in [0.2, 0.25) is 0 Å². The van der Waals surface area contributed by atoms with E-state index in [0.717, 1.165) is 43.4 Å². The molecule has 0 saturated carbocycles. The second-order valence-electron chi connectivity index (χ2n) is 5.18. The van der Waals surface area contributed by atoms with Crippen molar-refractivity contribution >= 4 is 22.3 Å². The molecule has 4 nitrogen and oxygen atoms in total. The van der Waals surface area contributed by atoms with E-state index in [4.69, 9.17) is 0 Å². The summed E-state index contributed by atoms with van der Waals surface area (Å²) >= 11 is 1.69. The van der Waals surface area contributed by atoms with Crippen LogP contribution in [0.5, 0.6) is 0 Å². The van der Waals surface area contributed by atoms with Gasteiger partial charge in [0, 0.05) is 56.3 Å². The number of piperazine rings is 1. The molecule has 0 unspecified atom stereocenters. The van der Waals surface area contributed by atoms with Gasteiger partial charge in [0.25, 0.3) is 0 Å². The van der Waals surface area contributed by atoms with E-state index in [-0.39, 0.29) is 5.78 Å². The fourth-order valence-corrected chi connectivity index (χ4v) is 3.26. The SMILES string of the molecule is O=C(CCN1CCN(c2nccs2)CC1)c1ccccc1. The van der Waals surface area contributed by atoms with Crippen LogP contribution in [0.25, 0.3) is 0 Å². The molecule has 1 aromatic carbocycles. The first-order chi connectivity index (χ1) is 10.3. The average molecular weight is 301 g/mol. The maximum Gasteiger partial charge on any atom is 0.185 e. The molecule has 21 heavy (non-hydrogen) atoms. The number of hydrogen-bond donors (Lipinski definition) is 0. The molecule has 1 aromatic heterocycles. The van der Waals surface area contributed by atoms with Gasteiger partial charge in [-0.2, -0.15) is 0 Å². The number of aromatic nitrogens is 1. The first-order valence-electron chi connectivity index (χ1n) is 7.28. The fourth-order valence-electron chi connectivity index (χ4n) is 2.56. The summed E-state index contributed by atoms with van der Waals surface area (Å²) in [5.74, 6) is 0.234. The van der Waals surface area contributed by atoms with Gasteiger partial charge in [-0.1, -0.05) is 30.3 Å². The van der Waals surface area contributed by atoms with Crippen LogP contribution in [0, 0.1) is 0 Å². The van der Waals surface area contributed by atoms with Gasteiger partial charge in [0.05, 0.1) is 0 Å². The molecule has 3 rings (SSSR count). The highest BCUT2D eigenvalue weighted by Crippen LogP contribution is 2.19. The highest BCUT2D eigenvalue weighted by atomic mass is 32.1. The first kappa shape index (κ1) is 14.2. The standard InChI is InChI=1S/C16H19N3OS/c20-15(14-4-2-1-3-5-14)6-8-18-9-11-19(12-10-18)16-17-7-13-21-16/h1-5,7,13H,6,8-12H2.